The Bertz CT molecular complexity index is 907. The first kappa shape index (κ1) is 14.6. The number of fused-ring (bicyclic) bond motifs is 1. The van der Waals surface area contributed by atoms with E-state index in [2.05, 4.69) is 51.5 Å². The van der Waals surface area contributed by atoms with Crippen LogP contribution in [-0.4, -0.2) is 28.3 Å². The van der Waals surface area contributed by atoms with Crippen molar-refractivity contribution in [2.24, 2.45) is 5.92 Å². The lowest BCUT2D eigenvalue weighted by atomic mass is 9.99. The van der Waals surface area contributed by atoms with Gasteiger partial charge in [-0.1, -0.05) is 36.4 Å². The van der Waals surface area contributed by atoms with Crippen LogP contribution in [-0.2, 0) is 0 Å². The second-order valence-electron chi connectivity index (χ2n) is 6.09. The van der Waals surface area contributed by atoms with Gasteiger partial charge in [0.25, 0.3) is 0 Å². The van der Waals surface area contributed by atoms with Crippen molar-refractivity contribution in [3.63, 3.8) is 0 Å². The molecule has 0 N–H and O–H groups in total. The fourth-order valence-electron chi connectivity index (χ4n) is 3.12. The van der Waals surface area contributed by atoms with E-state index in [1.165, 1.54) is 10.8 Å². The van der Waals surface area contributed by atoms with Crippen molar-refractivity contribution in [1.82, 2.24) is 15.2 Å². The van der Waals surface area contributed by atoms with Crippen LogP contribution in [0, 0.1) is 17.2 Å². The summed E-state index contributed by atoms with van der Waals surface area (Å²) in [6.07, 6.45) is 3.43. The molecule has 0 saturated carbocycles. The first-order valence-electron chi connectivity index (χ1n) is 8.17. The summed E-state index contributed by atoms with van der Waals surface area (Å²) >= 11 is 0. The molecule has 0 atom stereocenters. The molecule has 5 heteroatoms. The number of nitriles is 1. The average Bonchev–Trinajstić information content (AvgIpc) is 2.68. The fraction of sp³-hybridized carbons (Fsp3) is 0.263. The van der Waals surface area contributed by atoms with Gasteiger partial charge >= 0.3 is 0 Å². The SMILES string of the molecule is N#CC1CCN(c2nncc(-c3ccc4ccccc4c3)n2)CC1. The molecule has 4 rings (SSSR count). The summed E-state index contributed by atoms with van der Waals surface area (Å²) < 4.78 is 0. The summed E-state index contributed by atoms with van der Waals surface area (Å²) in [6, 6.07) is 16.9. The second kappa shape index (κ2) is 6.25. The largest absolute Gasteiger partial charge is 0.339 e. The number of benzene rings is 2. The Balaban J connectivity index is 1.63. The first-order chi connectivity index (χ1) is 11.8. The van der Waals surface area contributed by atoms with Crippen molar-refractivity contribution in [1.29, 1.82) is 5.26 Å². The zero-order valence-corrected chi connectivity index (χ0v) is 13.3. The monoisotopic (exact) mass is 315 g/mol. The molecule has 3 aromatic rings. The first-order valence-corrected chi connectivity index (χ1v) is 8.17. The molecule has 24 heavy (non-hydrogen) atoms. The highest BCUT2D eigenvalue weighted by Gasteiger charge is 2.21. The van der Waals surface area contributed by atoms with Crippen LogP contribution >= 0.6 is 0 Å². The molecule has 0 unspecified atom stereocenters. The lowest BCUT2D eigenvalue weighted by molar-refractivity contribution is 0.481. The van der Waals surface area contributed by atoms with Gasteiger partial charge in [-0.25, -0.2) is 4.98 Å². The molecule has 2 aromatic carbocycles. The van der Waals surface area contributed by atoms with Gasteiger partial charge < -0.3 is 4.90 Å². The van der Waals surface area contributed by atoms with Crippen molar-refractivity contribution in [2.75, 3.05) is 18.0 Å². The molecule has 118 valence electrons. The Kier molecular flexibility index (Phi) is 3.80. The Hall–Kier alpha value is -3.00. The van der Waals surface area contributed by atoms with Crippen molar-refractivity contribution >= 4 is 16.7 Å². The van der Waals surface area contributed by atoms with E-state index in [1.807, 2.05) is 12.1 Å². The van der Waals surface area contributed by atoms with Gasteiger partial charge in [0.2, 0.25) is 5.95 Å². The molecule has 1 aliphatic rings. The molecule has 1 aromatic heterocycles. The Labute approximate surface area is 140 Å². The molecule has 0 amide bonds. The third-order valence-electron chi connectivity index (χ3n) is 4.55. The highest BCUT2D eigenvalue weighted by atomic mass is 15.3. The minimum atomic E-state index is 0.151. The molecule has 0 aliphatic carbocycles. The Morgan fingerprint density at radius 3 is 2.62 bits per heavy atom. The summed E-state index contributed by atoms with van der Waals surface area (Å²) in [7, 11) is 0. The minimum Gasteiger partial charge on any atom is -0.339 e. The lowest BCUT2D eigenvalue weighted by Crippen LogP contribution is -2.34. The molecule has 0 radical (unpaired) electrons. The standard InChI is InChI=1S/C19H17N5/c20-12-14-7-9-24(10-8-14)19-22-18(13-21-23-19)17-6-5-15-3-1-2-4-16(15)11-17/h1-6,11,13-14H,7-10H2. The van der Waals surface area contributed by atoms with Crippen LogP contribution < -0.4 is 4.90 Å². The van der Waals surface area contributed by atoms with Gasteiger partial charge in [-0.05, 0) is 29.7 Å². The van der Waals surface area contributed by atoms with E-state index in [9.17, 15) is 0 Å². The maximum absolute atomic E-state index is 9.02. The van der Waals surface area contributed by atoms with Gasteiger partial charge in [0.05, 0.1) is 18.0 Å². The predicted octanol–water partition coefficient (Wildman–Crippen LogP) is 3.43. The molecule has 5 nitrogen and oxygen atoms in total. The van der Waals surface area contributed by atoms with Crippen LogP contribution in [0.15, 0.2) is 48.7 Å². The normalized spacial score (nSPS) is 15.4. The zero-order chi connectivity index (χ0) is 16.4. The van der Waals surface area contributed by atoms with Crippen LogP contribution in [0.3, 0.4) is 0 Å². The van der Waals surface area contributed by atoms with E-state index in [1.54, 1.807) is 6.20 Å². The Morgan fingerprint density at radius 1 is 1.04 bits per heavy atom. The summed E-state index contributed by atoms with van der Waals surface area (Å²) in [4.78, 5) is 6.81. The number of aromatic nitrogens is 3. The number of nitrogens with zero attached hydrogens (tertiary/aromatic N) is 5. The predicted molar refractivity (Wildman–Crippen MR) is 93.3 cm³/mol. The van der Waals surface area contributed by atoms with Crippen LogP contribution in [0.25, 0.3) is 22.0 Å². The number of anilines is 1. The second-order valence-corrected chi connectivity index (χ2v) is 6.09. The maximum Gasteiger partial charge on any atom is 0.245 e. The van der Waals surface area contributed by atoms with Crippen LogP contribution in [0.2, 0.25) is 0 Å². The van der Waals surface area contributed by atoms with Gasteiger partial charge in [-0.2, -0.15) is 10.4 Å². The third kappa shape index (κ3) is 2.79. The smallest absolute Gasteiger partial charge is 0.245 e. The van der Waals surface area contributed by atoms with Crippen molar-refractivity contribution < 1.29 is 0 Å². The highest BCUT2D eigenvalue weighted by Crippen LogP contribution is 2.25. The van der Waals surface area contributed by atoms with E-state index >= 15 is 0 Å². The van der Waals surface area contributed by atoms with E-state index in [-0.39, 0.29) is 5.92 Å². The molecule has 0 spiro atoms. The van der Waals surface area contributed by atoms with Gasteiger partial charge in [-0.15, -0.1) is 5.10 Å². The molecular formula is C19H17N5. The van der Waals surface area contributed by atoms with Crippen molar-refractivity contribution in [2.45, 2.75) is 12.8 Å². The summed E-state index contributed by atoms with van der Waals surface area (Å²) in [6.45, 7) is 1.61. The molecular weight excluding hydrogens is 298 g/mol. The fourth-order valence-corrected chi connectivity index (χ4v) is 3.12. The summed E-state index contributed by atoms with van der Waals surface area (Å²) in [5.74, 6) is 0.801. The molecule has 1 saturated heterocycles. The summed E-state index contributed by atoms with van der Waals surface area (Å²) in [5, 5.41) is 19.7. The topological polar surface area (TPSA) is 65.7 Å². The maximum atomic E-state index is 9.02. The molecule has 2 heterocycles. The van der Waals surface area contributed by atoms with Crippen molar-refractivity contribution in [3.05, 3.63) is 48.7 Å². The number of hydrogen-bond acceptors (Lipinski definition) is 5. The Morgan fingerprint density at radius 2 is 1.83 bits per heavy atom. The van der Waals surface area contributed by atoms with Gasteiger partial charge in [0, 0.05) is 24.6 Å². The number of hydrogen-bond donors (Lipinski definition) is 0. The van der Waals surface area contributed by atoms with E-state index < -0.39 is 0 Å². The number of piperidine rings is 1. The van der Waals surface area contributed by atoms with E-state index in [0.29, 0.717) is 5.95 Å². The molecule has 1 aliphatic heterocycles. The summed E-state index contributed by atoms with van der Waals surface area (Å²) in [5.41, 5.74) is 1.87. The van der Waals surface area contributed by atoms with Crippen LogP contribution in [0.1, 0.15) is 12.8 Å². The van der Waals surface area contributed by atoms with Crippen LogP contribution in [0.4, 0.5) is 5.95 Å². The lowest BCUT2D eigenvalue weighted by Gasteiger charge is -2.28. The van der Waals surface area contributed by atoms with E-state index in [0.717, 1.165) is 37.2 Å². The highest BCUT2D eigenvalue weighted by molar-refractivity contribution is 5.86. The zero-order valence-electron chi connectivity index (χ0n) is 13.3. The van der Waals surface area contributed by atoms with Gasteiger partial charge in [0.1, 0.15) is 0 Å². The quantitative estimate of drug-likeness (QED) is 0.725. The molecule has 0 bridgehead atoms. The minimum absolute atomic E-state index is 0.151. The van der Waals surface area contributed by atoms with E-state index in [4.69, 9.17) is 10.2 Å². The average molecular weight is 315 g/mol. The van der Waals surface area contributed by atoms with Gasteiger partial charge in [0.15, 0.2) is 0 Å². The number of rotatable bonds is 2. The molecule has 1 fully saturated rings. The third-order valence-corrected chi connectivity index (χ3v) is 4.55. The van der Waals surface area contributed by atoms with Gasteiger partial charge in [-0.3, -0.25) is 0 Å². The van der Waals surface area contributed by atoms with Crippen molar-refractivity contribution in [3.8, 4) is 17.3 Å². The van der Waals surface area contributed by atoms with Crippen LogP contribution in [0.5, 0.6) is 0 Å².